The molecule has 39 heavy (non-hydrogen) atoms. The zero-order valence-corrected chi connectivity index (χ0v) is 22.5. The van der Waals surface area contributed by atoms with Gasteiger partial charge >= 0.3 is 17.9 Å². The van der Waals surface area contributed by atoms with E-state index in [0.717, 1.165) is 5.57 Å². The SMILES string of the molecule is COc1cccc(NC(=O)CCCC(=O)Oc2c(C/C=C(\C)CCC(=O)O)c(OC)c(C)c3c2C(=O)OC3)c1. The van der Waals surface area contributed by atoms with Gasteiger partial charge in [0.25, 0.3) is 0 Å². The number of fused-ring (bicyclic) bond motifs is 1. The van der Waals surface area contributed by atoms with E-state index in [4.69, 9.17) is 24.1 Å². The van der Waals surface area contributed by atoms with Crippen molar-refractivity contribution in [2.45, 2.75) is 59.0 Å². The molecule has 0 atom stereocenters. The molecule has 0 spiro atoms. The summed E-state index contributed by atoms with van der Waals surface area (Å²) in [6.45, 7) is 3.65. The normalized spacial score (nSPS) is 12.4. The molecule has 0 saturated heterocycles. The van der Waals surface area contributed by atoms with Crippen molar-refractivity contribution in [2.24, 2.45) is 0 Å². The summed E-state index contributed by atoms with van der Waals surface area (Å²) in [6.07, 6.45) is 2.68. The Bertz CT molecular complexity index is 1300. The molecule has 2 aromatic rings. The van der Waals surface area contributed by atoms with Gasteiger partial charge < -0.3 is 29.4 Å². The number of esters is 2. The van der Waals surface area contributed by atoms with Crippen molar-refractivity contribution >= 4 is 29.5 Å². The van der Waals surface area contributed by atoms with E-state index in [1.54, 1.807) is 31.2 Å². The average molecular weight is 540 g/mol. The van der Waals surface area contributed by atoms with Gasteiger partial charge in [0.05, 0.1) is 14.2 Å². The molecule has 0 aliphatic carbocycles. The van der Waals surface area contributed by atoms with E-state index in [1.807, 2.05) is 13.0 Å². The van der Waals surface area contributed by atoms with Crippen LogP contribution >= 0.6 is 0 Å². The lowest BCUT2D eigenvalue weighted by Gasteiger charge is -2.19. The van der Waals surface area contributed by atoms with Crippen molar-refractivity contribution in [3.8, 4) is 17.2 Å². The number of benzene rings is 2. The highest BCUT2D eigenvalue weighted by Crippen LogP contribution is 2.43. The van der Waals surface area contributed by atoms with Gasteiger partial charge in [0.2, 0.25) is 5.91 Å². The molecule has 1 aliphatic heterocycles. The molecule has 0 radical (unpaired) electrons. The summed E-state index contributed by atoms with van der Waals surface area (Å²) in [4.78, 5) is 48.7. The zero-order valence-electron chi connectivity index (χ0n) is 22.5. The number of cyclic esters (lactones) is 1. The summed E-state index contributed by atoms with van der Waals surface area (Å²) in [5, 5.41) is 11.7. The summed E-state index contributed by atoms with van der Waals surface area (Å²) in [5.41, 5.74) is 3.39. The van der Waals surface area contributed by atoms with Crippen molar-refractivity contribution in [3.05, 3.63) is 58.2 Å². The summed E-state index contributed by atoms with van der Waals surface area (Å²) in [6, 6.07) is 6.94. The van der Waals surface area contributed by atoms with E-state index >= 15 is 0 Å². The molecule has 1 aliphatic rings. The highest BCUT2D eigenvalue weighted by molar-refractivity contribution is 5.99. The van der Waals surface area contributed by atoms with E-state index in [9.17, 15) is 19.2 Å². The van der Waals surface area contributed by atoms with Crippen molar-refractivity contribution in [1.29, 1.82) is 0 Å². The molecule has 0 unspecified atom stereocenters. The van der Waals surface area contributed by atoms with Crippen LogP contribution in [0, 0.1) is 6.92 Å². The Morgan fingerprint density at radius 2 is 1.85 bits per heavy atom. The largest absolute Gasteiger partial charge is 0.497 e. The number of carboxylic acids is 1. The van der Waals surface area contributed by atoms with E-state index < -0.39 is 17.9 Å². The van der Waals surface area contributed by atoms with Gasteiger partial charge in [-0.15, -0.1) is 0 Å². The molecule has 0 saturated carbocycles. The molecule has 1 heterocycles. The number of carboxylic acid groups (broad SMARTS) is 1. The number of carbonyl (C=O) groups excluding carboxylic acids is 3. The van der Waals surface area contributed by atoms with Gasteiger partial charge in [-0.2, -0.15) is 0 Å². The quantitative estimate of drug-likeness (QED) is 0.210. The first-order valence-electron chi connectivity index (χ1n) is 12.6. The third-order valence-corrected chi connectivity index (χ3v) is 6.37. The molecular weight excluding hydrogens is 506 g/mol. The minimum Gasteiger partial charge on any atom is -0.497 e. The van der Waals surface area contributed by atoms with Crippen LogP contribution < -0.4 is 19.5 Å². The number of nitrogens with one attached hydrogen (secondary N) is 1. The third-order valence-electron chi connectivity index (χ3n) is 6.37. The molecule has 208 valence electrons. The fourth-order valence-electron chi connectivity index (χ4n) is 4.29. The van der Waals surface area contributed by atoms with Crippen LogP contribution in [-0.2, 0) is 32.1 Å². The van der Waals surface area contributed by atoms with E-state index in [0.29, 0.717) is 40.3 Å². The van der Waals surface area contributed by atoms with Crippen LogP contribution in [0.15, 0.2) is 35.9 Å². The fraction of sp³-hybridized carbons (Fsp3) is 0.379. The smallest absolute Gasteiger partial charge is 0.342 e. The van der Waals surface area contributed by atoms with Crippen LogP contribution in [-0.4, -0.2) is 43.1 Å². The molecule has 0 aromatic heterocycles. The van der Waals surface area contributed by atoms with Gasteiger partial charge in [0.1, 0.15) is 23.7 Å². The van der Waals surface area contributed by atoms with Gasteiger partial charge in [-0.1, -0.05) is 17.7 Å². The maximum Gasteiger partial charge on any atom is 0.342 e. The molecule has 10 heteroatoms. The molecule has 3 rings (SSSR count). The Hall–Kier alpha value is -4.34. The van der Waals surface area contributed by atoms with Crippen LogP contribution in [0.5, 0.6) is 17.2 Å². The maximum atomic E-state index is 12.9. The standard InChI is InChI=1S/C29H33NO9/c1-17(12-14-24(32)33)11-13-21-27(37-4)18(2)22-16-38-29(35)26(22)28(21)39-25(34)10-6-9-23(31)30-19-7-5-8-20(15-19)36-3/h5,7-8,11,15H,6,9-10,12-14,16H2,1-4H3,(H,30,31)(H,32,33)/b17-11+. The van der Waals surface area contributed by atoms with Gasteiger partial charge in [0, 0.05) is 42.1 Å². The first-order valence-corrected chi connectivity index (χ1v) is 12.6. The second-order valence-electron chi connectivity index (χ2n) is 9.15. The number of allylic oxidation sites excluding steroid dienone is 2. The first-order chi connectivity index (χ1) is 18.6. The average Bonchev–Trinajstić information content (AvgIpc) is 3.29. The van der Waals surface area contributed by atoms with Gasteiger partial charge in [-0.3, -0.25) is 14.4 Å². The second-order valence-corrected chi connectivity index (χ2v) is 9.15. The summed E-state index contributed by atoms with van der Waals surface area (Å²) in [5.74, 6) is -1.21. The predicted octanol–water partition coefficient (Wildman–Crippen LogP) is 4.75. The number of amides is 1. The minimum atomic E-state index is -0.900. The third kappa shape index (κ3) is 7.59. The van der Waals surface area contributed by atoms with Crippen LogP contribution in [0.4, 0.5) is 5.69 Å². The number of aliphatic carboxylic acids is 1. The number of methoxy groups -OCH3 is 2. The number of carbonyl (C=O) groups is 4. The van der Waals surface area contributed by atoms with Crippen LogP contribution in [0.3, 0.4) is 0 Å². The number of hydrogen-bond acceptors (Lipinski definition) is 8. The monoisotopic (exact) mass is 539 g/mol. The van der Waals surface area contributed by atoms with E-state index in [1.165, 1.54) is 14.2 Å². The Morgan fingerprint density at radius 3 is 2.54 bits per heavy atom. The number of anilines is 1. The summed E-state index contributed by atoms with van der Waals surface area (Å²) in [7, 11) is 3.02. The minimum absolute atomic E-state index is 0.0117. The van der Waals surface area contributed by atoms with Crippen LogP contribution in [0.25, 0.3) is 0 Å². The second kappa shape index (κ2) is 13.5. The molecule has 2 aromatic carbocycles. The Labute approximate surface area is 226 Å². The van der Waals surface area contributed by atoms with E-state index in [2.05, 4.69) is 5.32 Å². The molecule has 1 amide bonds. The Morgan fingerprint density at radius 1 is 1.08 bits per heavy atom. The molecule has 0 fully saturated rings. The van der Waals surface area contributed by atoms with Crippen LogP contribution in [0.1, 0.15) is 66.1 Å². The maximum absolute atomic E-state index is 12.9. The van der Waals surface area contributed by atoms with Crippen LogP contribution in [0.2, 0.25) is 0 Å². The Balaban J connectivity index is 1.75. The lowest BCUT2D eigenvalue weighted by Crippen LogP contribution is -2.16. The lowest BCUT2D eigenvalue weighted by atomic mass is 9.94. The van der Waals surface area contributed by atoms with E-state index in [-0.39, 0.29) is 55.9 Å². The molecule has 0 bridgehead atoms. The first kappa shape index (κ1) is 29.2. The number of hydrogen-bond donors (Lipinski definition) is 2. The van der Waals surface area contributed by atoms with Gasteiger partial charge in [-0.05, 0) is 50.8 Å². The highest BCUT2D eigenvalue weighted by Gasteiger charge is 2.34. The topological polar surface area (TPSA) is 137 Å². The summed E-state index contributed by atoms with van der Waals surface area (Å²) < 4.78 is 21.7. The highest BCUT2D eigenvalue weighted by atomic mass is 16.6. The molecular formula is C29H33NO9. The zero-order chi connectivity index (χ0) is 28.5. The van der Waals surface area contributed by atoms with Gasteiger partial charge in [-0.25, -0.2) is 4.79 Å². The molecule has 10 nitrogen and oxygen atoms in total. The summed E-state index contributed by atoms with van der Waals surface area (Å²) >= 11 is 0. The van der Waals surface area contributed by atoms with Crippen molar-refractivity contribution < 1.29 is 43.2 Å². The number of ether oxygens (including phenoxy) is 4. The van der Waals surface area contributed by atoms with Crippen molar-refractivity contribution in [2.75, 3.05) is 19.5 Å². The predicted molar refractivity (Wildman–Crippen MR) is 142 cm³/mol. The lowest BCUT2D eigenvalue weighted by molar-refractivity contribution is -0.137. The fourth-order valence-corrected chi connectivity index (χ4v) is 4.29. The van der Waals surface area contributed by atoms with Gasteiger partial charge in [0.15, 0.2) is 5.75 Å². The van der Waals surface area contributed by atoms with Crippen molar-refractivity contribution in [3.63, 3.8) is 0 Å². The Kier molecular flexibility index (Phi) is 10.1. The number of rotatable bonds is 13. The van der Waals surface area contributed by atoms with Crippen molar-refractivity contribution in [1.82, 2.24) is 0 Å². The molecule has 2 N–H and O–H groups in total.